The molecule has 0 aliphatic heterocycles. The molecule has 2 atom stereocenters. The van der Waals surface area contributed by atoms with Crippen LogP contribution in [0, 0.1) is 11.8 Å². The number of fused-ring (bicyclic) bond motifs is 2. The molecule has 0 spiro atoms. The number of phenols is 1. The molecule has 0 heterocycles. The maximum atomic E-state index is 9.73. The highest BCUT2D eigenvalue weighted by molar-refractivity contribution is 5.71. The van der Waals surface area contributed by atoms with Crippen LogP contribution in [0.1, 0.15) is 31.2 Å². The number of hydrogen-bond donors (Lipinski definition) is 1. The third-order valence-corrected chi connectivity index (χ3v) is 4.60. The summed E-state index contributed by atoms with van der Waals surface area (Å²) in [4.78, 5) is 2.27. The van der Waals surface area contributed by atoms with Crippen molar-refractivity contribution < 1.29 is 5.11 Å². The van der Waals surface area contributed by atoms with Crippen molar-refractivity contribution in [1.29, 1.82) is 0 Å². The van der Waals surface area contributed by atoms with Gasteiger partial charge >= 0.3 is 0 Å². The lowest BCUT2D eigenvalue weighted by molar-refractivity contribution is 0.407. The van der Waals surface area contributed by atoms with Crippen molar-refractivity contribution in [2.24, 2.45) is 11.8 Å². The van der Waals surface area contributed by atoms with E-state index in [-0.39, 0.29) is 0 Å². The average Bonchev–Trinajstić information content (AvgIpc) is 2.75. The summed E-state index contributed by atoms with van der Waals surface area (Å²) in [5, 5.41) is 9.73. The third-order valence-electron chi connectivity index (χ3n) is 4.60. The Kier molecular flexibility index (Phi) is 3.36. The molecule has 0 radical (unpaired) electrons. The smallest absolute Gasteiger partial charge is 0.116 e. The zero-order chi connectivity index (χ0) is 13.4. The van der Waals surface area contributed by atoms with Crippen LogP contribution < -0.4 is 0 Å². The molecule has 2 heteroatoms. The van der Waals surface area contributed by atoms with Crippen molar-refractivity contribution in [3.8, 4) is 5.75 Å². The molecule has 3 rings (SSSR count). The summed E-state index contributed by atoms with van der Waals surface area (Å²) in [6, 6.07) is 7.79. The highest BCUT2D eigenvalue weighted by Crippen LogP contribution is 2.48. The van der Waals surface area contributed by atoms with Gasteiger partial charge in [-0.05, 0) is 80.5 Å². The Morgan fingerprint density at radius 1 is 1.26 bits per heavy atom. The molecule has 2 bridgehead atoms. The normalized spacial score (nSPS) is 26.3. The minimum Gasteiger partial charge on any atom is -0.508 e. The van der Waals surface area contributed by atoms with E-state index in [1.807, 2.05) is 12.1 Å². The minimum atomic E-state index is 0.382. The first kappa shape index (κ1) is 12.7. The van der Waals surface area contributed by atoms with Crippen LogP contribution in [0.2, 0.25) is 0 Å². The first-order valence-corrected chi connectivity index (χ1v) is 7.29. The zero-order valence-corrected chi connectivity index (χ0v) is 11.9. The molecule has 19 heavy (non-hydrogen) atoms. The summed E-state index contributed by atoms with van der Waals surface area (Å²) < 4.78 is 0. The molecular formula is C17H23NO. The second-order valence-electron chi connectivity index (χ2n) is 6.37. The molecule has 2 aliphatic carbocycles. The van der Waals surface area contributed by atoms with Crippen molar-refractivity contribution in [2.75, 3.05) is 20.6 Å². The zero-order valence-electron chi connectivity index (χ0n) is 11.9. The van der Waals surface area contributed by atoms with E-state index in [1.54, 1.807) is 11.6 Å². The van der Waals surface area contributed by atoms with Crippen molar-refractivity contribution in [3.05, 3.63) is 35.4 Å². The van der Waals surface area contributed by atoms with Crippen LogP contribution in [0.5, 0.6) is 5.75 Å². The quantitative estimate of drug-likeness (QED) is 0.895. The predicted octanol–water partition coefficient (Wildman–Crippen LogP) is 3.53. The lowest BCUT2D eigenvalue weighted by Crippen LogP contribution is -2.22. The van der Waals surface area contributed by atoms with Gasteiger partial charge in [0, 0.05) is 6.54 Å². The Balaban J connectivity index is 2.02. The summed E-state index contributed by atoms with van der Waals surface area (Å²) in [5.74, 6) is 2.03. The van der Waals surface area contributed by atoms with Crippen LogP contribution in [0.4, 0.5) is 0 Å². The van der Waals surface area contributed by atoms with E-state index in [0.29, 0.717) is 5.75 Å². The number of allylic oxidation sites excluding steroid dienone is 1. The number of likely N-dealkylation sites (N-methyl/N-ethyl adjacent to an activating group) is 1. The summed E-state index contributed by atoms with van der Waals surface area (Å²) in [6.07, 6.45) is 5.31. The molecule has 1 aromatic carbocycles. The Morgan fingerprint density at radius 2 is 2.11 bits per heavy atom. The fraction of sp³-hybridized carbons (Fsp3) is 0.529. The highest BCUT2D eigenvalue weighted by atomic mass is 16.3. The van der Waals surface area contributed by atoms with Crippen molar-refractivity contribution in [3.63, 3.8) is 0 Å². The number of phenolic OH excluding ortho intramolecular Hbond substituents is 1. The summed E-state index contributed by atoms with van der Waals surface area (Å²) in [7, 11) is 4.29. The van der Waals surface area contributed by atoms with Crippen molar-refractivity contribution in [1.82, 2.24) is 4.90 Å². The Hall–Kier alpha value is -1.28. The number of benzene rings is 1. The van der Waals surface area contributed by atoms with E-state index >= 15 is 0 Å². The molecule has 0 amide bonds. The summed E-state index contributed by atoms with van der Waals surface area (Å²) in [6.45, 7) is 1.06. The van der Waals surface area contributed by atoms with Crippen LogP contribution in [0.25, 0.3) is 5.57 Å². The molecule has 1 saturated carbocycles. The average molecular weight is 257 g/mol. The van der Waals surface area contributed by atoms with Crippen LogP contribution in [-0.2, 0) is 0 Å². The maximum Gasteiger partial charge on any atom is 0.116 e. The minimum absolute atomic E-state index is 0.382. The molecule has 1 N–H and O–H groups in total. The van der Waals surface area contributed by atoms with E-state index < -0.39 is 0 Å². The third kappa shape index (κ3) is 2.55. The fourth-order valence-electron chi connectivity index (χ4n) is 3.81. The largest absolute Gasteiger partial charge is 0.508 e. The molecule has 102 valence electrons. The van der Waals surface area contributed by atoms with E-state index in [0.717, 1.165) is 18.4 Å². The van der Waals surface area contributed by atoms with Gasteiger partial charge in [0.1, 0.15) is 5.75 Å². The number of rotatable bonds is 3. The van der Waals surface area contributed by atoms with Gasteiger partial charge in [-0.1, -0.05) is 12.1 Å². The maximum absolute atomic E-state index is 9.73. The SMILES string of the molecule is CN(C)CC1=C(c2cccc(O)c2)C[C@@H]2CC[C@H]1C2. The lowest BCUT2D eigenvalue weighted by Gasteiger charge is -2.29. The molecular weight excluding hydrogens is 234 g/mol. The molecule has 0 saturated heterocycles. The van der Waals surface area contributed by atoms with Gasteiger partial charge in [0.25, 0.3) is 0 Å². The highest BCUT2D eigenvalue weighted by Gasteiger charge is 2.34. The lowest BCUT2D eigenvalue weighted by atomic mass is 9.80. The van der Waals surface area contributed by atoms with Gasteiger partial charge in [-0.15, -0.1) is 0 Å². The Bertz CT molecular complexity index is 504. The first-order valence-electron chi connectivity index (χ1n) is 7.29. The van der Waals surface area contributed by atoms with Gasteiger partial charge in [-0.3, -0.25) is 0 Å². The molecule has 2 aliphatic rings. The van der Waals surface area contributed by atoms with E-state index in [9.17, 15) is 5.11 Å². The van der Waals surface area contributed by atoms with E-state index in [2.05, 4.69) is 25.1 Å². The number of hydrogen-bond acceptors (Lipinski definition) is 2. The van der Waals surface area contributed by atoms with Gasteiger partial charge in [-0.2, -0.15) is 0 Å². The van der Waals surface area contributed by atoms with E-state index in [1.165, 1.54) is 36.8 Å². The number of aromatic hydroxyl groups is 1. The molecule has 1 aromatic rings. The Labute approximate surface area is 115 Å². The van der Waals surface area contributed by atoms with Gasteiger partial charge in [0.05, 0.1) is 0 Å². The monoisotopic (exact) mass is 257 g/mol. The van der Waals surface area contributed by atoms with Gasteiger partial charge in [-0.25, -0.2) is 0 Å². The van der Waals surface area contributed by atoms with Crippen molar-refractivity contribution in [2.45, 2.75) is 25.7 Å². The van der Waals surface area contributed by atoms with Crippen molar-refractivity contribution >= 4 is 5.57 Å². The Morgan fingerprint density at radius 3 is 2.84 bits per heavy atom. The number of nitrogens with zero attached hydrogens (tertiary/aromatic N) is 1. The second-order valence-corrected chi connectivity index (χ2v) is 6.37. The summed E-state index contributed by atoms with van der Waals surface area (Å²) >= 11 is 0. The van der Waals surface area contributed by atoms with Gasteiger partial charge in [0.2, 0.25) is 0 Å². The van der Waals surface area contributed by atoms with Crippen LogP contribution in [-0.4, -0.2) is 30.6 Å². The van der Waals surface area contributed by atoms with Crippen LogP contribution in [0.15, 0.2) is 29.8 Å². The van der Waals surface area contributed by atoms with E-state index in [4.69, 9.17) is 0 Å². The first-order chi connectivity index (χ1) is 9.13. The van der Waals surface area contributed by atoms with Crippen LogP contribution >= 0.6 is 0 Å². The van der Waals surface area contributed by atoms with Gasteiger partial charge in [0.15, 0.2) is 0 Å². The topological polar surface area (TPSA) is 23.5 Å². The molecule has 0 unspecified atom stereocenters. The summed E-state index contributed by atoms with van der Waals surface area (Å²) in [5.41, 5.74) is 4.35. The molecule has 1 fully saturated rings. The second kappa shape index (κ2) is 5.01. The molecule has 0 aromatic heterocycles. The standard InChI is InChI=1S/C17H23NO/c1-18(2)11-17-14-7-6-12(8-14)9-16(17)13-4-3-5-15(19)10-13/h3-5,10,12,14,19H,6-9,11H2,1-2H3/t12-,14+/m1/s1. The fourth-order valence-corrected chi connectivity index (χ4v) is 3.81. The van der Waals surface area contributed by atoms with Gasteiger partial charge < -0.3 is 10.0 Å². The molecule has 2 nitrogen and oxygen atoms in total. The van der Waals surface area contributed by atoms with Crippen LogP contribution in [0.3, 0.4) is 0 Å². The predicted molar refractivity (Wildman–Crippen MR) is 79.0 cm³/mol.